The molecule has 0 aliphatic heterocycles. The van der Waals surface area contributed by atoms with Crippen LogP contribution in [-0.2, 0) is 4.74 Å². The molecule has 0 bridgehead atoms. The number of hydrogen-bond acceptors (Lipinski definition) is 4. The minimum absolute atomic E-state index is 0.343. The Balaban J connectivity index is 3.23. The monoisotopic (exact) mass is 276 g/mol. The van der Waals surface area contributed by atoms with Gasteiger partial charge in [-0.1, -0.05) is 6.42 Å². The number of rotatable bonds is 9. The zero-order valence-electron chi connectivity index (χ0n) is 12.2. The van der Waals surface area contributed by atoms with E-state index < -0.39 is 5.60 Å². The maximum Gasteiger partial charge on any atom is 0.407 e. The van der Waals surface area contributed by atoms with E-state index in [9.17, 15) is 4.79 Å². The lowest BCUT2D eigenvalue weighted by Crippen LogP contribution is -2.36. The summed E-state index contributed by atoms with van der Waals surface area (Å²) < 4.78 is 5.13. The summed E-state index contributed by atoms with van der Waals surface area (Å²) in [5.74, 6) is 1.25. The van der Waals surface area contributed by atoms with Gasteiger partial charge in [-0.05, 0) is 52.2 Å². The molecule has 0 saturated carbocycles. The second-order valence-electron chi connectivity index (χ2n) is 5.23. The molecule has 4 nitrogen and oxygen atoms in total. The number of alkyl carbamates (subject to hydrolysis) is 1. The van der Waals surface area contributed by atoms with Gasteiger partial charge in [0.2, 0.25) is 0 Å². The average Bonchev–Trinajstić information content (AvgIpc) is 2.24. The van der Waals surface area contributed by atoms with Crippen molar-refractivity contribution < 1.29 is 9.53 Å². The molecule has 0 aromatic heterocycles. The van der Waals surface area contributed by atoms with Crippen LogP contribution in [0.5, 0.6) is 0 Å². The Morgan fingerprint density at radius 2 is 1.83 bits per heavy atom. The highest BCUT2D eigenvalue weighted by Gasteiger charge is 2.15. The Morgan fingerprint density at radius 1 is 1.11 bits per heavy atom. The van der Waals surface area contributed by atoms with Gasteiger partial charge in [-0.3, -0.25) is 0 Å². The summed E-state index contributed by atoms with van der Waals surface area (Å²) >= 11 is 1.90. The Kier molecular flexibility index (Phi) is 10.3. The van der Waals surface area contributed by atoms with E-state index in [4.69, 9.17) is 4.74 Å². The van der Waals surface area contributed by atoms with Crippen molar-refractivity contribution in [1.82, 2.24) is 10.6 Å². The number of hydrogen-bond donors (Lipinski definition) is 2. The van der Waals surface area contributed by atoms with Crippen molar-refractivity contribution in [1.29, 1.82) is 0 Å². The molecule has 0 aromatic rings. The van der Waals surface area contributed by atoms with Crippen LogP contribution in [0, 0.1) is 0 Å². The molecule has 0 aromatic carbocycles. The summed E-state index contributed by atoms with van der Waals surface area (Å²) in [6, 6.07) is 0. The minimum atomic E-state index is -0.422. The van der Waals surface area contributed by atoms with E-state index in [1.807, 2.05) is 32.5 Å². The number of amides is 1. The van der Waals surface area contributed by atoms with Gasteiger partial charge in [0.25, 0.3) is 0 Å². The maximum absolute atomic E-state index is 11.3. The molecule has 5 heteroatoms. The molecule has 0 heterocycles. The van der Waals surface area contributed by atoms with Gasteiger partial charge in [0.1, 0.15) is 5.60 Å². The van der Waals surface area contributed by atoms with E-state index in [0.29, 0.717) is 6.54 Å². The van der Waals surface area contributed by atoms with Crippen LogP contribution >= 0.6 is 11.8 Å². The molecule has 1 amide bonds. The van der Waals surface area contributed by atoms with Gasteiger partial charge in [0, 0.05) is 13.1 Å². The Bertz CT molecular complexity index is 218. The fourth-order valence-electron chi connectivity index (χ4n) is 1.37. The third-order valence-electron chi connectivity index (χ3n) is 2.17. The van der Waals surface area contributed by atoms with Crippen LogP contribution in [0.2, 0.25) is 0 Å². The van der Waals surface area contributed by atoms with Gasteiger partial charge < -0.3 is 15.4 Å². The fourth-order valence-corrected chi connectivity index (χ4v) is 1.86. The first-order chi connectivity index (χ1) is 8.45. The molecule has 108 valence electrons. The highest BCUT2D eigenvalue weighted by Crippen LogP contribution is 2.06. The zero-order chi connectivity index (χ0) is 13.9. The topological polar surface area (TPSA) is 50.4 Å². The van der Waals surface area contributed by atoms with Crippen LogP contribution in [0.3, 0.4) is 0 Å². The SMILES string of the molecule is CSCCCCCNCCNC(=O)OC(C)(C)C. The van der Waals surface area contributed by atoms with Gasteiger partial charge in [-0.2, -0.15) is 11.8 Å². The molecule has 18 heavy (non-hydrogen) atoms. The van der Waals surface area contributed by atoms with Crippen molar-refractivity contribution in [3.05, 3.63) is 0 Å². The molecular weight excluding hydrogens is 248 g/mol. The number of thioether (sulfide) groups is 1. The maximum atomic E-state index is 11.3. The van der Waals surface area contributed by atoms with E-state index in [2.05, 4.69) is 16.9 Å². The number of carbonyl (C=O) groups excluding carboxylic acids is 1. The molecule has 0 spiro atoms. The molecule has 2 N–H and O–H groups in total. The van der Waals surface area contributed by atoms with Crippen molar-refractivity contribution in [3.63, 3.8) is 0 Å². The third-order valence-corrected chi connectivity index (χ3v) is 2.87. The molecule has 0 unspecified atom stereocenters. The summed E-state index contributed by atoms with van der Waals surface area (Å²) in [4.78, 5) is 11.3. The fraction of sp³-hybridized carbons (Fsp3) is 0.923. The van der Waals surface area contributed by atoms with Crippen LogP contribution in [0.4, 0.5) is 4.79 Å². The Labute approximate surface area is 116 Å². The van der Waals surface area contributed by atoms with Gasteiger partial charge >= 0.3 is 6.09 Å². The molecule has 0 aliphatic rings. The predicted molar refractivity (Wildman–Crippen MR) is 79.3 cm³/mol. The van der Waals surface area contributed by atoms with E-state index in [0.717, 1.165) is 13.1 Å². The largest absolute Gasteiger partial charge is 0.444 e. The molecular formula is C13H28N2O2S. The first-order valence-corrected chi connectivity index (χ1v) is 8.01. The van der Waals surface area contributed by atoms with Crippen LogP contribution in [0.15, 0.2) is 0 Å². The summed E-state index contributed by atoms with van der Waals surface area (Å²) in [5.41, 5.74) is -0.422. The molecule has 0 aliphatic carbocycles. The van der Waals surface area contributed by atoms with Crippen LogP contribution in [-0.4, -0.2) is 43.3 Å². The summed E-state index contributed by atoms with van der Waals surface area (Å²) in [6.45, 7) is 8.00. The Hall–Kier alpha value is -0.420. The average molecular weight is 276 g/mol. The molecule has 0 rings (SSSR count). The van der Waals surface area contributed by atoms with Crippen molar-refractivity contribution in [3.8, 4) is 0 Å². The number of nitrogens with one attached hydrogen (secondary N) is 2. The quantitative estimate of drug-likeness (QED) is 0.636. The number of ether oxygens (including phenoxy) is 1. The summed E-state index contributed by atoms with van der Waals surface area (Å²) in [5, 5.41) is 6.03. The smallest absolute Gasteiger partial charge is 0.407 e. The summed E-state index contributed by atoms with van der Waals surface area (Å²) in [7, 11) is 0. The van der Waals surface area contributed by atoms with Gasteiger partial charge in [0.05, 0.1) is 0 Å². The first kappa shape index (κ1) is 17.6. The van der Waals surface area contributed by atoms with E-state index >= 15 is 0 Å². The van der Waals surface area contributed by atoms with Crippen molar-refractivity contribution >= 4 is 17.9 Å². The van der Waals surface area contributed by atoms with Crippen molar-refractivity contribution in [2.24, 2.45) is 0 Å². The van der Waals surface area contributed by atoms with Crippen LogP contribution < -0.4 is 10.6 Å². The normalized spacial score (nSPS) is 11.3. The number of carbonyl (C=O) groups is 1. The van der Waals surface area contributed by atoms with Gasteiger partial charge in [-0.15, -0.1) is 0 Å². The second-order valence-corrected chi connectivity index (χ2v) is 6.22. The highest BCUT2D eigenvalue weighted by molar-refractivity contribution is 7.98. The lowest BCUT2D eigenvalue weighted by atomic mass is 10.2. The Morgan fingerprint density at radius 3 is 2.44 bits per heavy atom. The van der Waals surface area contributed by atoms with Crippen molar-refractivity contribution in [2.45, 2.75) is 45.6 Å². The highest BCUT2D eigenvalue weighted by atomic mass is 32.2. The zero-order valence-corrected chi connectivity index (χ0v) is 13.0. The predicted octanol–water partition coefficient (Wildman–Crippen LogP) is 2.63. The molecule has 0 atom stereocenters. The third kappa shape index (κ3) is 13.6. The molecule has 0 radical (unpaired) electrons. The number of unbranched alkanes of at least 4 members (excludes halogenated alkanes) is 2. The van der Waals surface area contributed by atoms with Crippen molar-refractivity contribution in [2.75, 3.05) is 31.6 Å². The molecule has 0 fully saturated rings. The van der Waals surface area contributed by atoms with Crippen LogP contribution in [0.25, 0.3) is 0 Å². The molecule has 0 saturated heterocycles. The van der Waals surface area contributed by atoms with E-state index in [1.165, 1.54) is 25.0 Å². The minimum Gasteiger partial charge on any atom is -0.444 e. The lowest BCUT2D eigenvalue weighted by Gasteiger charge is -2.19. The van der Waals surface area contributed by atoms with Gasteiger partial charge in [-0.25, -0.2) is 4.79 Å². The van der Waals surface area contributed by atoms with E-state index in [-0.39, 0.29) is 6.09 Å². The van der Waals surface area contributed by atoms with Gasteiger partial charge in [0.15, 0.2) is 0 Å². The second kappa shape index (κ2) is 10.5. The standard InChI is InChI=1S/C13H28N2O2S/c1-13(2,3)17-12(16)15-10-9-14-8-6-5-7-11-18-4/h14H,5-11H2,1-4H3,(H,15,16). The first-order valence-electron chi connectivity index (χ1n) is 6.62. The van der Waals surface area contributed by atoms with E-state index in [1.54, 1.807) is 0 Å². The lowest BCUT2D eigenvalue weighted by molar-refractivity contribution is 0.0528. The summed E-state index contributed by atoms with van der Waals surface area (Å²) in [6.07, 6.45) is 5.56. The van der Waals surface area contributed by atoms with Crippen LogP contribution in [0.1, 0.15) is 40.0 Å².